The van der Waals surface area contributed by atoms with Crippen LogP contribution in [0.2, 0.25) is 0 Å². The largest absolute Gasteiger partial charge is 0.462 e. The smallest absolute Gasteiger partial charge is 0.338 e. The van der Waals surface area contributed by atoms with E-state index in [9.17, 15) is 9.59 Å². The lowest BCUT2D eigenvalue weighted by Gasteiger charge is -2.15. The van der Waals surface area contributed by atoms with Crippen LogP contribution in [-0.4, -0.2) is 39.7 Å². The van der Waals surface area contributed by atoms with E-state index in [0.29, 0.717) is 28.8 Å². The van der Waals surface area contributed by atoms with Gasteiger partial charge in [0.1, 0.15) is 0 Å². The van der Waals surface area contributed by atoms with E-state index in [1.54, 1.807) is 17.9 Å². The lowest BCUT2D eigenvalue weighted by atomic mass is 10.1. The molecule has 1 aliphatic heterocycles. The number of aromatic nitrogens is 1. The Balaban J connectivity index is 1.47. The van der Waals surface area contributed by atoms with Crippen LogP contribution in [0, 0.1) is 13.8 Å². The fourth-order valence-electron chi connectivity index (χ4n) is 4.75. The van der Waals surface area contributed by atoms with Gasteiger partial charge in [0.15, 0.2) is 5.17 Å². The monoisotopic (exact) mass is 549 g/mol. The summed E-state index contributed by atoms with van der Waals surface area (Å²) in [7, 11) is 0. The number of ether oxygens (including phenoxy) is 1. The second-order valence-electron chi connectivity index (χ2n) is 9.47. The minimum Gasteiger partial charge on any atom is -0.462 e. The third-order valence-electron chi connectivity index (χ3n) is 6.71. The van der Waals surface area contributed by atoms with Crippen LogP contribution in [0.4, 0.5) is 5.69 Å². The standard InChI is InChI=1S/C33H31N3O3S/c1-4-39-32(38)26-14-11-17-29(21-26)36-23(2)20-27(24(36)3)22-30-31(37)35(19-18-25-12-7-5-8-13-25)33(40-30)34-28-15-9-6-10-16-28/h5-17,20-22H,4,18-19H2,1-3H3/b30-22-,34-33?. The maximum absolute atomic E-state index is 13.7. The first-order valence-corrected chi connectivity index (χ1v) is 14.1. The van der Waals surface area contributed by atoms with Crippen LogP contribution in [0.3, 0.4) is 0 Å². The van der Waals surface area contributed by atoms with Crippen LogP contribution in [0.1, 0.15) is 39.8 Å². The van der Waals surface area contributed by atoms with Crippen molar-refractivity contribution >= 4 is 40.6 Å². The minimum atomic E-state index is -0.345. The van der Waals surface area contributed by atoms with Gasteiger partial charge in [0.25, 0.3) is 5.91 Å². The number of aryl methyl sites for hydroxylation is 1. The van der Waals surface area contributed by atoms with E-state index in [1.807, 2.05) is 86.7 Å². The van der Waals surface area contributed by atoms with Crippen LogP contribution in [0.15, 0.2) is 101 Å². The van der Waals surface area contributed by atoms with Crippen molar-refractivity contribution < 1.29 is 14.3 Å². The molecule has 1 amide bonds. The molecule has 0 N–H and O–H groups in total. The maximum atomic E-state index is 13.7. The summed E-state index contributed by atoms with van der Waals surface area (Å²) in [6.07, 6.45) is 2.68. The van der Waals surface area contributed by atoms with Crippen molar-refractivity contribution in [3.8, 4) is 5.69 Å². The average molecular weight is 550 g/mol. The number of para-hydroxylation sites is 1. The number of esters is 1. The lowest BCUT2D eigenvalue weighted by molar-refractivity contribution is -0.122. The molecule has 0 unspecified atom stereocenters. The zero-order chi connectivity index (χ0) is 28.1. The van der Waals surface area contributed by atoms with Crippen LogP contribution in [0.25, 0.3) is 11.8 Å². The first-order chi connectivity index (χ1) is 19.4. The summed E-state index contributed by atoms with van der Waals surface area (Å²) in [6.45, 7) is 6.70. The third-order valence-corrected chi connectivity index (χ3v) is 7.71. The van der Waals surface area contributed by atoms with Gasteiger partial charge in [0.2, 0.25) is 0 Å². The Hall–Kier alpha value is -4.36. The number of carbonyl (C=O) groups excluding carboxylic acids is 2. The molecule has 40 heavy (non-hydrogen) atoms. The molecule has 0 saturated carbocycles. The van der Waals surface area contributed by atoms with Crippen LogP contribution in [0.5, 0.6) is 0 Å². The highest BCUT2D eigenvalue weighted by molar-refractivity contribution is 8.18. The van der Waals surface area contributed by atoms with Gasteiger partial charge < -0.3 is 9.30 Å². The zero-order valence-corrected chi connectivity index (χ0v) is 23.7. The van der Waals surface area contributed by atoms with Crippen molar-refractivity contribution in [2.75, 3.05) is 13.2 Å². The molecule has 0 aliphatic carbocycles. The molecule has 1 aromatic heterocycles. The predicted molar refractivity (Wildman–Crippen MR) is 162 cm³/mol. The average Bonchev–Trinajstić information content (AvgIpc) is 3.42. The highest BCUT2D eigenvalue weighted by Crippen LogP contribution is 2.35. The van der Waals surface area contributed by atoms with Gasteiger partial charge in [-0.15, -0.1) is 0 Å². The Bertz CT molecular complexity index is 1590. The van der Waals surface area contributed by atoms with Crippen molar-refractivity contribution in [3.63, 3.8) is 0 Å². The van der Waals surface area contributed by atoms with Gasteiger partial charge in [-0.05, 0) is 92.6 Å². The molecule has 1 aliphatic rings. The predicted octanol–water partition coefficient (Wildman–Crippen LogP) is 7.12. The molecule has 3 aromatic carbocycles. The highest BCUT2D eigenvalue weighted by atomic mass is 32.2. The van der Waals surface area contributed by atoms with Crippen molar-refractivity contribution in [3.05, 3.63) is 124 Å². The molecule has 6 nitrogen and oxygen atoms in total. The second kappa shape index (κ2) is 12.2. The van der Waals surface area contributed by atoms with E-state index in [-0.39, 0.29) is 11.9 Å². The number of rotatable bonds is 8. The van der Waals surface area contributed by atoms with Crippen molar-refractivity contribution in [1.82, 2.24) is 9.47 Å². The number of amidine groups is 1. The van der Waals surface area contributed by atoms with Gasteiger partial charge >= 0.3 is 5.97 Å². The molecule has 4 aromatic rings. The number of benzene rings is 3. The summed E-state index contributed by atoms with van der Waals surface area (Å²) in [4.78, 5) is 33.2. The SMILES string of the molecule is CCOC(=O)c1cccc(-n2c(C)cc(/C=C3\SC(=Nc4ccccc4)N(CCc4ccccc4)C3=O)c2C)c1. The number of hydrogen-bond donors (Lipinski definition) is 0. The molecule has 0 spiro atoms. The van der Waals surface area contributed by atoms with Gasteiger partial charge in [-0.1, -0.05) is 54.6 Å². The number of carbonyl (C=O) groups is 2. The lowest BCUT2D eigenvalue weighted by Crippen LogP contribution is -2.31. The van der Waals surface area contributed by atoms with Crippen molar-refractivity contribution in [2.24, 2.45) is 4.99 Å². The molecule has 1 saturated heterocycles. The third kappa shape index (κ3) is 5.95. The quantitative estimate of drug-likeness (QED) is 0.173. The van der Waals surface area contributed by atoms with Crippen LogP contribution < -0.4 is 0 Å². The Labute approximate surface area is 239 Å². The number of hydrogen-bond acceptors (Lipinski definition) is 5. The number of nitrogens with zero attached hydrogens (tertiary/aromatic N) is 3. The second-order valence-corrected chi connectivity index (χ2v) is 10.5. The van der Waals surface area contributed by atoms with Crippen LogP contribution >= 0.6 is 11.8 Å². The fraction of sp³-hybridized carbons (Fsp3) is 0.182. The van der Waals surface area contributed by atoms with Gasteiger partial charge in [0, 0.05) is 23.6 Å². The normalized spacial score (nSPS) is 15.3. The Morgan fingerprint density at radius 3 is 2.40 bits per heavy atom. The number of thioether (sulfide) groups is 1. The first-order valence-electron chi connectivity index (χ1n) is 13.3. The van der Waals surface area contributed by atoms with E-state index < -0.39 is 0 Å². The minimum absolute atomic E-state index is 0.0512. The molecule has 202 valence electrons. The molecule has 2 heterocycles. The van der Waals surface area contributed by atoms with Gasteiger partial charge in [-0.3, -0.25) is 9.69 Å². The van der Waals surface area contributed by atoms with E-state index in [4.69, 9.17) is 9.73 Å². The summed E-state index contributed by atoms with van der Waals surface area (Å²) in [5.41, 5.74) is 6.27. The van der Waals surface area contributed by atoms with E-state index in [2.05, 4.69) is 22.8 Å². The summed E-state index contributed by atoms with van der Waals surface area (Å²) < 4.78 is 7.27. The van der Waals surface area contributed by atoms with Crippen molar-refractivity contribution in [1.29, 1.82) is 0 Å². The topological polar surface area (TPSA) is 63.9 Å². The Morgan fingerprint density at radius 2 is 1.68 bits per heavy atom. The Kier molecular flexibility index (Phi) is 8.31. The molecule has 0 bridgehead atoms. The maximum Gasteiger partial charge on any atom is 0.338 e. The molecule has 0 atom stereocenters. The molecular formula is C33H31N3O3S. The summed E-state index contributed by atoms with van der Waals surface area (Å²) in [5.74, 6) is -0.396. The van der Waals surface area contributed by atoms with Gasteiger partial charge in [-0.2, -0.15) is 0 Å². The fourth-order valence-corrected chi connectivity index (χ4v) is 5.76. The van der Waals surface area contributed by atoms with Gasteiger partial charge in [0.05, 0.1) is 22.8 Å². The summed E-state index contributed by atoms with van der Waals surface area (Å²) in [5, 5.41) is 0.675. The first kappa shape index (κ1) is 27.2. The van der Waals surface area contributed by atoms with E-state index in [1.165, 1.54) is 17.3 Å². The van der Waals surface area contributed by atoms with Crippen molar-refractivity contribution in [2.45, 2.75) is 27.2 Å². The Morgan fingerprint density at radius 1 is 0.950 bits per heavy atom. The van der Waals surface area contributed by atoms with E-state index >= 15 is 0 Å². The summed E-state index contributed by atoms with van der Waals surface area (Å²) in [6, 6.07) is 29.3. The highest BCUT2D eigenvalue weighted by Gasteiger charge is 2.33. The van der Waals surface area contributed by atoms with E-state index in [0.717, 1.165) is 34.7 Å². The molecule has 7 heteroatoms. The zero-order valence-electron chi connectivity index (χ0n) is 22.8. The number of aliphatic imine (C=N–C) groups is 1. The molecule has 5 rings (SSSR count). The summed E-state index contributed by atoms with van der Waals surface area (Å²) >= 11 is 1.40. The molecule has 0 radical (unpaired) electrons. The molecular weight excluding hydrogens is 518 g/mol. The number of amides is 1. The van der Waals surface area contributed by atoms with Crippen LogP contribution in [-0.2, 0) is 16.0 Å². The molecule has 1 fully saturated rings. The van der Waals surface area contributed by atoms with Gasteiger partial charge in [-0.25, -0.2) is 9.79 Å².